The summed E-state index contributed by atoms with van der Waals surface area (Å²) in [5, 5.41) is 3.28. The Morgan fingerprint density at radius 2 is 2.00 bits per heavy atom. The van der Waals surface area contributed by atoms with Crippen LogP contribution in [0.1, 0.15) is 40.0 Å². The van der Waals surface area contributed by atoms with Crippen LogP contribution < -0.4 is 5.32 Å². The van der Waals surface area contributed by atoms with Gasteiger partial charge in [0.15, 0.2) is 0 Å². The zero-order valence-corrected chi connectivity index (χ0v) is 13.2. The zero-order valence-electron chi connectivity index (χ0n) is 13.2. The summed E-state index contributed by atoms with van der Waals surface area (Å²) in [7, 11) is 0. The highest BCUT2D eigenvalue weighted by Gasteiger charge is 2.23. The minimum absolute atomic E-state index is 0.256. The van der Waals surface area contributed by atoms with E-state index >= 15 is 0 Å². The van der Waals surface area contributed by atoms with E-state index in [0.29, 0.717) is 19.6 Å². The molecule has 20 heavy (non-hydrogen) atoms. The Balaban J connectivity index is 2.16. The number of nitrogens with zero attached hydrogens (tertiary/aromatic N) is 1. The first-order chi connectivity index (χ1) is 9.67. The van der Waals surface area contributed by atoms with E-state index in [1.807, 2.05) is 11.8 Å². The van der Waals surface area contributed by atoms with Crippen molar-refractivity contribution >= 4 is 5.91 Å². The Morgan fingerprint density at radius 1 is 1.30 bits per heavy atom. The summed E-state index contributed by atoms with van der Waals surface area (Å²) >= 11 is 0. The molecule has 0 spiro atoms. The second-order valence-corrected chi connectivity index (χ2v) is 5.31. The van der Waals surface area contributed by atoms with Gasteiger partial charge in [-0.2, -0.15) is 0 Å². The molecule has 1 N–H and O–H groups in total. The third kappa shape index (κ3) is 6.68. The van der Waals surface area contributed by atoms with Gasteiger partial charge in [-0.15, -0.1) is 0 Å². The lowest BCUT2D eigenvalue weighted by Gasteiger charge is -2.32. The summed E-state index contributed by atoms with van der Waals surface area (Å²) in [6.45, 7) is 10.7. The van der Waals surface area contributed by atoms with Gasteiger partial charge in [-0.25, -0.2) is 0 Å². The third-order valence-corrected chi connectivity index (χ3v) is 3.61. The molecule has 1 aliphatic rings. The van der Waals surface area contributed by atoms with Crippen LogP contribution in [0.5, 0.6) is 0 Å². The van der Waals surface area contributed by atoms with E-state index in [4.69, 9.17) is 9.47 Å². The molecule has 0 radical (unpaired) electrons. The lowest BCUT2D eigenvalue weighted by molar-refractivity contribution is -0.134. The maximum absolute atomic E-state index is 12.1. The van der Waals surface area contributed by atoms with Crippen LogP contribution in [-0.2, 0) is 14.3 Å². The molecule has 0 aromatic rings. The number of likely N-dealkylation sites (tertiary alicyclic amines) is 1. The van der Waals surface area contributed by atoms with Gasteiger partial charge in [0.05, 0.1) is 19.3 Å². The molecule has 118 valence electrons. The van der Waals surface area contributed by atoms with Crippen LogP contribution in [0.2, 0.25) is 0 Å². The van der Waals surface area contributed by atoms with Crippen LogP contribution in [0, 0.1) is 0 Å². The van der Waals surface area contributed by atoms with Gasteiger partial charge in [0.1, 0.15) is 0 Å². The van der Waals surface area contributed by atoms with Crippen molar-refractivity contribution in [1.82, 2.24) is 10.2 Å². The SMILES string of the molecule is CCNC(C)CC(=O)N1CCC(OCCOCC)CC1. The molecule has 1 atom stereocenters. The summed E-state index contributed by atoms with van der Waals surface area (Å²) < 4.78 is 11.0. The van der Waals surface area contributed by atoms with Gasteiger partial charge in [0, 0.05) is 32.2 Å². The summed E-state index contributed by atoms with van der Waals surface area (Å²) in [5.41, 5.74) is 0. The molecule has 5 nitrogen and oxygen atoms in total. The monoisotopic (exact) mass is 286 g/mol. The smallest absolute Gasteiger partial charge is 0.224 e. The molecule has 1 saturated heterocycles. The Hall–Kier alpha value is -0.650. The lowest BCUT2D eigenvalue weighted by atomic mass is 10.1. The fraction of sp³-hybridized carbons (Fsp3) is 0.933. The summed E-state index contributed by atoms with van der Waals surface area (Å²) in [5.74, 6) is 0.256. The average molecular weight is 286 g/mol. The van der Waals surface area contributed by atoms with Crippen molar-refractivity contribution in [1.29, 1.82) is 0 Å². The number of hydrogen-bond donors (Lipinski definition) is 1. The highest BCUT2D eigenvalue weighted by molar-refractivity contribution is 5.76. The first-order valence-corrected chi connectivity index (χ1v) is 7.87. The predicted octanol–water partition coefficient (Wildman–Crippen LogP) is 1.42. The topological polar surface area (TPSA) is 50.8 Å². The summed E-state index contributed by atoms with van der Waals surface area (Å²) in [6.07, 6.45) is 2.75. The van der Waals surface area contributed by atoms with Gasteiger partial charge in [-0.1, -0.05) is 6.92 Å². The molecule has 0 aromatic carbocycles. The zero-order chi connectivity index (χ0) is 14.8. The molecule has 0 aliphatic carbocycles. The minimum Gasteiger partial charge on any atom is -0.379 e. The van der Waals surface area contributed by atoms with E-state index in [1.165, 1.54) is 0 Å². The van der Waals surface area contributed by atoms with Gasteiger partial charge < -0.3 is 19.7 Å². The number of ether oxygens (including phenoxy) is 2. The maximum atomic E-state index is 12.1. The molecule has 1 aliphatic heterocycles. The maximum Gasteiger partial charge on any atom is 0.224 e. The summed E-state index contributed by atoms with van der Waals surface area (Å²) in [6, 6.07) is 0.257. The molecule has 1 unspecified atom stereocenters. The van der Waals surface area contributed by atoms with Crippen molar-refractivity contribution in [2.24, 2.45) is 0 Å². The van der Waals surface area contributed by atoms with Crippen molar-refractivity contribution < 1.29 is 14.3 Å². The van der Waals surface area contributed by atoms with E-state index in [-0.39, 0.29) is 18.1 Å². The normalized spacial score (nSPS) is 18.2. The van der Waals surface area contributed by atoms with Gasteiger partial charge in [0.2, 0.25) is 5.91 Å². The first kappa shape index (κ1) is 17.4. The molecule has 0 saturated carbocycles. The van der Waals surface area contributed by atoms with Crippen LogP contribution in [0.15, 0.2) is 0 Å². The summed E-state index contributed by atoms with van der Waals surface area (Å²) in [4.78, 5) is 14.1. The van der Waals surface area contributed by atoms with Crippen LogP contribution in [0.25, 0.3) is 0 Å². The Kier molecular flexibility index (Phi) is 8.82. The van der Waals surface area contributed by atoms with Gasteiger partial charge in [-0.3, -0.25) is 4.79 Å². The van der Waals surface area contributed by atoms with Crippen molar-refractivity contribution in [3.8, 4) is 0 Å². The standard InChI is InChI=1S/C15H30N2O3/c1-4-16-13(3)12-15(18)17-8-6-14(7-9-17)20-11-10-19-5-2/h13-14,16H,4-12H2,1-3H3. The molecule has 1 rings (SSSR count). The van der Waals surface area contributed by atoms with Crippen LogP contribution >= 0.6 is 0 Å². The fourth-order valence-corrected chi connectivity index (χ4v) is 2.50. The highest BCUT2D eigenvalue weighted by Crippen LogP contribution is 2.15. The number of rotatable bonds is 9. The number of carbonyl (C=O) groups is 1. The molecular weight excluding hydrogens is 256 g/mol. The Labute approximate surface area is 123 Å². The Bertz CT molecular complexity index is 266. The van der Waals surface area contributed by atoms with Crippen LogP contribution in [0.4, 0.5) is 0 Å². The molecular formula is C15H30N2O3. The second kappa shape index (κ2) is 10.1. The van der Waals surface area contributed by atoms with Gasteiger partial charge in [-0.05, 0) is 33.2 Å². The minimum atomic E-state index is 0.256. The van der Waals surface area contributed by atoms with E-state index in [0.717, 1.165) is 39.1 Å². The molecule has 0 aromatic heterocycles. The van der Waals surface area contributed by atoms with Crippen molar-refractivity contribution in [2.75, 3.05) is 39.5 Å². The van der Waals surface area contributed by atoms with E-state index in [9.17, 15) is 4.79 Å². The van der Waals surface area contributed by atoms with Crippen molar-refractivity contribution in [3.05, 3.63) is 0 Å². The molecule has 1 heterocycles. The van der Waals surface area contributed by atoms with E-state index in [2.05, 4.69) is 19.2 Å². The number of nitrogens with one attached hydrogen (secondary N) is 1. The van der Waals surface area contributed by atoms with Gasteiger partial charge >= 0.3 is 0 Å². The highest BCUT2D eigenvalue weighted by atomic mass is 16.5. The molecule has 0 bridgehead atoms. The second-order valence-electron chi connectivity index (χ2n) is 5.31. The third-order valence-electron chi connectivity index (χ3n) is 3.61. The quantitative estimate of drug-likeness (QED) is 0.651. The van der Waals surface area contributed by atoms with Crippen molar-refractivity contribution in [3.63, 3.8) is 0 Å². The fourth-order valence-electron chi connectivity index (χ4n) is 2.50. The molecule has 1 fully saturated rings. The number of hydrogen-bond acceptors (Lipinski definition) is 4. The van der Waals surface area contributed by atoms with E-state index in [1.54, 1.807) is 0 Å². The largest absolute Gasteiger partial charge is 0.379 e. The Morgan fingerprint density at radius 3 is 2.60 bits per heavy atom. The number of amides is 1. The average Bonchev–Trinajstić information content (AvgIpc) is 2.44. The predicted molar refractivity (Wildman–Crippen MR) is 79.8 cm³/mol. The van der Waals surface area contributed by atoms with Crippen LogP contribution in [0.3, 0.4) is 0 Å². The first-order valence-electron chi connectivity index (χ1n) is 7.87. The lowest BCUT2D eigenvalue weighted by Crippen LogP contribution is -2.43. The number of piperidine rings is 1. The number of carbonyl (C=O) groups excluding carboxylic acids is 1. The van der Waals surface area contributed by atoms with Crippen LogP contribution in [-0.4, -0.2) is 62.4 Å². The van der Waals surface area contributed by atoms with Crippen molar-refractivity contribution in [2.45, 2.75) is 52.2 Å². The van der Waals surface area contributed by atoms with Gasteiger partial charge in [0.25, 0.3) is 0 Å². The van der Waals surface area contributed by atoms with E-state index < -0.39 is 0 Å². The molecule has 1 amide bonds. The molecule has 5 heteroatoms.